The SMILES string of the molecule is CN(C)CCC(=O)N(C)CC1CCCN1. The molecular weight excluding hydrogens is 190 g/mol. The lowest BCUT2D eigenvalue weighted by Gasteiger charge is -2.22. The van der Waals surface area contributed by atoms with E-state index >= 15 is 0 Å². The second-order valence-corrected chi connectivity index (χ2v) is 4.62. The molecule has 0 aromatic carbocycles. The molecule has 4 nitrogen and oxygen atoms in total. The standard InChI is InChI=1S/C11H23N3O/c1-13(2)8-6-11(15)14(3)9-10-5-4-7-12-10/h10,12H,4-9H2,1-3H3. The molecule has 1 N–H and O–H groups in total. The van der Waals surface area contributed by atoms with Crippen LogP contribution >= 0.6 is 0 Å². The van der Waals surface area contributed by atoms with E-state index in [9.17, 15) is 4.79 Å². The Morgan fingerprint density at radius 3 is 2.67 bits per heavy atom. The summed E-state index contributed by atoms with van der Waals surface area (Å²) in [6, 6.07) is 0.512. The van der Waals surface area contributed by atoms with Crippen molar-refractivity contribution in [1.82, 2.24) is 15.1 Å². The van der Waals surface area contributed by atoms with Crippen LogP contribution in [0, 0.1) is 0 Å². The monoisotopic (exact) mass is 213 g/mol. The van der Waals surface area contributed by atoms with Gasteiger partial charge in [0.2, 0.25) is 5.91 Å². The van der Waals surface area contributed by atoms with Crippen molar-refractivity contribution in [3.63, 3.8) is 0 Å². The fraction of sp³-hybridized carbons (Fsp3) is 0.909. The van der Waals surface area contributed by atoms with E-state index < -0.39 is 0 Å². The lowest BCUT2D eigenvalue weighted by atomic mass is 10.2. The fourth-order valence-electron chi connectivity index (χ4n) is 1.86. The highest BCUT2D eigenvalue weighted by molar-refractivity contribution is 5.76. The summed E-state index contributed by atoms with van der Waals surface area (Å²) in [6.07, 6.45) is 3.06. The quantitative estimate of drug-likeness (QED) is 0.706. The van der Waals surface area contributed by atoms with Crippen molar-refractivity contribution in [3.05, 3.63) is 0 Å². The summed E-state index contributed by atoms with van der Waals surface area (Å²) in [5.41, 5.74) is 0. The van der Waals surface area contributed by atoms with Gasteiger partial charge in [0.1, 0.15) is 0 Å². The molecule has 88 valence electrons. The van der Waals surface area contributed by atoms with Gasteiger partial charge in [0.15, 0.2) is 0 Å². The molecule has 1 fully saturated rings. The van der Waals surface area contributed by atoms with Gasteiger partial charge in [-0.1, -0.05) is 0 Å². The normalized spacial score (nSPS) is 20.9. The zero-order valence-electron chi connectivity index (χ0n) is 10.1. The summed E-state index contributed by atoms with van der Waals surface area (Å²) in [5, 5.41) is 3.40. The molecule has 1 rings (SSSR count). The molecular formula is C11H23N3O. The van der Waals surface area contributed by atoms with E-state index in [1.54, 1.807) is 0 Å². The molecule has 1 unspecified atom stereocenters. The van der Waals surface area contributed by atoms with Crippen LogP contribution in [0.5, 0.6) is 0 Å². The molecule has 0 aromatic heterocycles. The van der Waals surface area contributed by atoms with E-state index in [1.165, 1.54) is 12.8 Å². The van der Waals surface area contributed by atoms with Gasteiger partial charge in [0.05, 0.1) is 0 Å². The van der Waals surface area contributed by atoms with Crippen molar-refractivity contribution in [3.8, 4) is 0 Å². The smallest absolute Gasteiger partial charge is 0.223 e. The Morgan fingerprint density at radius 2 is 2.13 bits per heavy atom. The molecule has 0 aliphatic carbocycles. The summed E-state index contributed by atoms with van der Waals surface area (Å²) >= 11 is 0. The third-order valence-corrected chi connectivity index (χ3v) is 2.86. The second kappa shape index (κ2) is 6.08. The lowest BCUT2D eigenvalue weighted by molar-refractivity contribution is -0.130. The predicted octanol–water partition coefficient (Wildman–Crippen LogP) is 0.149. The minimum atomic E-state index is 0.248. The number of carbonyl (C=O) groups excluding carboxylic acids is 1. The number of hydrogen-bond donors (Lipinski definition) is 1. The number of amides is 1. The molecule has 1 amide bonds. The van der Waals surface area contributed by atoms with Crippen LogP contribution in [-0.2, 0) is 4.79 Å². The lowest BCUT2D eigenvalue weighted by Crippen LogP contribution is -2.39. The zero-order chi connectivity index (χ0) is 11.3. The van der Waals surface area contributed by atoms with Gasteiger partial charge in [-0.15, -0.1) is 0 Å². The fourth-order valence-corrected chi connectivity index (χ4v) is 1.86. The first kappa shape index (κ1) is 12.5. The van der Waals surface area contributed by atoms with Crippen molar-refractivity contribution >= 4 is 5.91 Å². The van der Waals surface area contributed by atoms with E-state index in [1.807, 2.05) is 30.9 Å². The van der Waals surface area contributed by atoms with E-state index in [4.69, 9.17) is 0 Å². The third-order valence-electron chi connectivity index (χ3n) is 2.86. The summed E-state index contributed by atoms with van der Waals surface area (Å²) in [7, 11) is 5.88. The summed E-state index contributed by atoms with van der Waals surface area (Å²) in [6.45, 7) is 2.79. The molecule has 1 atom stereocenters. The topological polar surface area (TPSA) is 35.6 Å². The maximum absolute atomic E-state index is 11.7. The van der Waals surface area contributed by atoms with Gasteiger partial charge in [-0.2, -0.15) is 0 Å². The maximum Gasteiger partial charge on any atom is 0.223 e. The van der Waals surface area contributed by atoms with E-state index in [0.717, 1.165) is 19.6 Å². The van der Waals surface area contributed by atoms with Crippen molar-refractivity contribution in [2.45, 2.75) is 25.3 Å². The number of carbonyl (C=O) groups is 1. The van der Waals surface area contributed by atoms with Gasteiger partial charge in [-0.05, 0) is 33.5 Å². The molecule has 0 aromatic rings. The van der Waals surface area contributed by atoms with Crippen LogP contribution in [0.3, 0.4) is 0 Å². The van der Waals surface area contributed by atoms with Gasteiger partial charge >= 0.3 is 0 Å². The average Bonchev–Trinajstić information content (AvgIpc) is 2.66. The third kappa shape index (κ3) is 4.62. The van der Waals surface area contributed by atoms with Crippen molar-refractivity contribution in [2.24, 2.45) is 0 Å². The summed E-state index contributed by atoms with van der Waals surface area (Å²) in [5.74, 6) is 0.248. The van der Waals surface area contributed by atoms with Crippen molar-refractivity contribution in [1.29, 1.82) is 0 Å². The molecule has 0 radical (unpaired) electrons. The number of nitrogens with zero attached hydrogens (tertiary/aromatic N) is 2. The largest absolute Gasteiger partial charge is 0.344 e. The van der Waals surface area contributed by atoms with Gasteiger partial charge < -0.3 is 15.1 Å². The average molecular weight is 213 g/mol. The highest BCUT2D eigenvalue weighted by Gasteiger charge is 2.18. The van der Waals surface area contributed by atoms with Gasteiger partial charge in [0.25, 0.3) is 0 Å². The summed E-state index contributed by atoms with van der Waals surface area (Å²) < 4.78 is 0. The van der Waals surface area contributed by atoms with Crippen LogP contribution in [0.4, 0.5) is 0 Å². The van der Waals surface area contributed by atoms with E-state index in [0.29, 0.717) is 12.5 Å². The van der Waals surface area contributed by atoms with Gasteiger partial charge in [-0.3, -0.25) is 4.79 Å². The Labute approximate surface area is 92.6 Å². The predicted molar refractivity (Wildman–Crippen MR) is 61.8 cm³/mol. The number of likely N-dealkylation sites (N-methyl/N-ethyl adjacent to an activating group) is 1. The Bertz CT molecular complexity index is 200. The van der Waals surface area contributed by atoms with Gasteiger partial charge in [0, 0.05) is 32.6 Å². The van der Waals surface area contributed by atoms with Gasteiger partial charge in [-0.25, -0.2) is 0 Å². The van der Waals surface area contributed by atoms with E-state index in [-0.39, 0.29) is 5.91 Å². The maximum atomic E-state index is 11.7. The molecule has 1 saturated heterocycles. The molecule has 4 heteroatoms. The highest BCUT2D eigenvalue weighted by Crippen LogP contribution is 2.06. The Balaban J connectivity index is 2.19. The molecule has 1 aliphatic heterocycles. The Morgan fingerprint density at radius 1 is 1.40 bits per heavy atom. The molecule has 0 bridgehead atoms. The molecule has 0 spiro atoms. The number of nitrogens with one attached hydrogen (secondary N) is 1. The van der Waals surface area contributed by atoms with Crippen LogP contribution < -0.4 is 5.32 Å². The van der Waals surface area contributed by atoms with Crippen LogP contribution in [-0.4, -0.2) is 62.5 Å². The molecule has 1 heterocycles. The van der Waals surface area contributed by atoms with E-state index in [2.05, 4.69) is 5.32 Å². The highest BCUT2D eigenvalue weighted by atomic mass is 16.2. The molecule has 15 heavy (non-hydrogen) atoms. The molecule has 1 aliphatic rings. The minimum absolute atomic E-state index is 0.248. The molecule has 0 saturated carbocycles. The first-order valence-electron chi connectivity index (χ1n) is 5.71. The minimum Gasteiger partial charge on any atom is -0.344 e. The number of hydrogen-bond acceptors (Lipinski definition) is 3. The summed E-state index contributed by atoms with van der Waals surface area (Å²) in [4.78, 5) is 15.6. The van der Waals surface area contributed by atoms with Crippen molar-refractivity contribution in [2.75, 3.05) is 40.8 Å². The van der Waals surface area contributed by atoms with Crippen LogP contribution in [0.1, 0.15) is 19.3 Å². The van der Waals surface area contributed by atoms with Crippen LogP contribution in [0.25, 0.3) is 0 Å². The second-order valence-electron chi connectivity index (χ2n) is 4.62. The first-order chi connectivity index (χ1) is 7.09. The first-order valence-corrected chi connectivity index (χ1v) is 5.71. The number of rotatable bonds is 5. The Hall–Kier alpha value is -0.610. The Kier molecular flexibility index (Phi) is 5.05. The van der Waals surface area contributed by atoms with Crippen molar-refractivity contribution < 1.29 is 4.79 Å². The zero-order valence-corrected chi connectivity index (χ0v) is 10.1. The van der Waals surface area contributed by atoms with Crippen LogP contribution in [0.2, 0.25) is 0 Å². The van der Waals surface area contributed by atoms with Crippen LogP contribution in [0.15, 0.2) is 0 Å².